The van der Waals surface area contributed by atoms with E-state index in [0.717, 1.165) is 17.6 Å². The highest BCUT2D eigenvalue weighted by molar-refractivity contribution is 9.10. The third kappa shape index (κ3) is 3.89. The summed E-state index contributed by atoms with van der Waals surface area (Å²) in [6.45, 7) is 3.23. The van der Waals surface area contributed by atoms with Crippen molar-refractivity contribution in [1.29, 1.82) is 0 Å². The monoisotopic (exact) mass is 282 g/mol. The van der Waals surface area contributed by atoms with Crippen molar-refractivity contribution in [3.05, 3.63) is 34.3 Å². The Kier molecular flexibility index (Phi) is 4.82. The molecule has 1 heterocycles. The normalized spacial score (nSPS) is 20.9. The lowest BCUT2D eigenvalue weighted by atomic mass is 10.1. The molecule has 0 saturated carbocycles. The second-order valence-electron chi connectivity index (χ2n) is 4.40. The zero-order valence-corrected chi connectivity index (χ0v) is 11.1. The quantitative estimate of drug-likeness (QED) is 0.887. The maximum atomic E-state index is 3.54. The maximum Gasteiger partial charge on any atom is 0.0206 e. The topological polar surface area (TPSA) is 24.1 Å². The van der Waals surface area contributed by atoms with Crippen molar-refractivity contribution in [3.63, 3.8) is 0 Å². The van der Waals surface area contributed by atoms with Crippen LogP contribution >= 0.6 is 15.9 Å². The third-order valence-electron chi connectivity index (χ3n) is 3.05. The van der Waals surface area contributed by atoms with Crippen molar-refractivity contribution in [2.24, 2.45) is 0 Å². The Morgan fingerprint density at radius 3 is 2.75 bits per heavy atom. The summed E-state index contributed by atoms with van der Waals surface area (Å²) < 4.78 is 1.14. The lowest BCUT2D eigenvalue weighted by molar-refractivity contribution is 0.383. The summed E-state index contributed by atoms with van der Waals surface area (Å²) in [6.07, 6.45) is 4.02. The van der Waals surface area contributed by atoms with Crippen LogP contribution in [-0.2, 0) is 6.54 Å². The van der Waals surface area contributed by atoms with Gasteiger partial charge in [0.2, 0.25) is 0 Å². The first-order chi connectivity index (χ1) is 7.84. The highest BCUT2D eigenvalue weighted by Crippen LogP contribution is 2.10. The first-order valence-electron chi connectivity index (χ1n) is 6.03. The van der Waals surface area contributed by atoms with E-state index in [1.54, 1.807) is 0 Å². The van der Waals surface area contributed by atoms with Gasteiger partial charge in [0, 0.05) is 23.6 Å². The number of piperidine rings is 1. The molecule has 0 amide bonds. The molecule has 0 bridgehead atoms. The molecular weight excluding hydrogens is 264 g/mol. The summed E-state index contributed by atoms with van der Waals surface area (Å²) in [4.78, 5) is 0. The van der Waals surface area contributed by atoms with Crippen molar-refractivity contribution in [2.75, 3.05) is 13.1 Å². The van der Waals surface area contributed by atoms with Crippen LogP contribution in [0.1, 0.15) is 24.8 Å². The van der Waals surface area contributed by atoms with Crippen LogP contribution in [0.5, 0.6) is 0 Å². The fourth-order valence-corrected chi connectivity index (χ4v) is 2.36. The highest BCUT2D eigenvalue weighted by atomic mass is 79.9. The van der Waals surface area contributed by atoms with Gasteiger partial charge in [-0.2, -0.15) is 0 Å². The van der Waals surface area contributed by atoms with E-state index in [9.17, 15) is 0 Å². The molecule has 88 valence electrons. The highest BCUT2D eigenvalue weighted by Gasteiger charge is 2.11. The Morgan fingerprint density at radius 1 is 1.25 bits per heavy atom. The smallest absolute Gasteiger partial charge is 0.0206 e. The molecule has 0 aromatic heterocycles. The van der Waals surface area contributed by atoms with Gasteiger partial charge < -0.3 is 10.6 Å². The zero-order valence-electron chi connectivity index (χ0n) is 9.51. The van der Waals surface area contributed by atoms with Crippen molar-refractivity contribution >= 4 is 15.9 Å². The molecule has 1 saturated heterocycles. The molecule has 3 heteroatoms. The van der Waals surface area contributed by atoms with Gasteiger partial charge in [0.1, 0.15) is 0 Å². The minimum absolute atomic E-state index is 0.671. The van der Waals surface area contributed by atoms with Crippen LogP contribution in [0.3, 0.4) is 0 Å². The Hall–Kier alpha value is -0.380. The Bertz CT molecular complexity index is 304. The van der Waals surface area contributed by atoms with E-state index >= 15 is 0 Å². The first-order valence-corrected chi connectivity index (χ1v) is 6.82. The molecule has 1 fully saturated rings. The summed E-state index contributed by atoms with van der Waals surface area (Å²) >= 11 is 3.45. The van der Waals surface area contributed by atoms with Gasteiger partial charge in [-0.1, -0.05) is 34.5 Å². The lowest BCUT2D eigenvalue weighted by Gasteiger charge is -2.23. The van der Waals surface area contributed by atoms with Gasteiger partial charge in [-0.05, 0) is 37.1 Å². The molecule has 1 aromatic rings. The molecule has 1 aliphatic rings. The van der Waals surface area contributed by atoms with Gasteiger partial charge >= 0.3 is 0 Å². The van der Waals surface area contributed by atoms with Crippen LogP contribution in [0.2, 0.25) is 0 Å². The summed E-state index contributed by atoms with van der Waals surface area (Å²) in [6, 6.07) is 9.17. The molecule has 1 aromatic carbocycles. The first kappa shape index (κ1) is 12.1. The average Bonchev–Trinajstić information content (AvgIpc) is 2.33. The molecular formula is C13H19BrN2. The zero-order chi connectivity index (χ0) is 11.2. The van der Waals surface area contributed by atoms with E-state index < -0.39 is 0 Å². The molecule has 2 rings (SSSR count). The van der Waals surface area contributed by atoms with Gasteiger partial charge in [0.15, 0.2) is 0 Å². The summed E-state index contributed by atoms with van der Waals surface area (Å²) in [5.41, 5.74) is 1.35. The molecule has 1 aliphatic heterocycles. The molecule has 0 aliphatic carbocycles. The Balaban J connectivity index is 1.69. The maximum absolute atomic E-state index is 3.54. The number of hydrogen-bond donors (Lipinski definition) is 2. The van der Waals surface area contributed by atoms with E-state index in [2.05, 4.69) is 50.8 Å². The Morgan fingerprint density at radius 2 is 2.06 bits per heavy atom. The van der Waals surface area contributed by atoms with Crippen molar-refractivity contribution < 1.29 is 0 Å². The van der Waals surface area contributed by atoms with Crippen LogP contribution in [0.25, 0.3) is 0 Å². The predicted octanol–water partition coefficient (Wildman–Crippen LogP) is 2.68. The second kappa shape index (κ2) is 6.38. The lowest BCUT2D eigenvalue weighted by Crippen LogP contribution is -2.41. The molecule has 2 N–H and O–H groups in total. The number of hydrogen-bond acceptors (Lipinski definition) is 2. The average molecular weight is 283 g/mol. The summed E-state index contributed by atoms with van der Waals surface area (Å²) in [5, 5.41) is 7.06. The molecule has 1 atom stereocenters. The fraction of sp³-hybridized carbons (Fsp3) is 0.538. The van der Waals surface area contributed by atoms with E-state index in [1.807, 2.05) is 0 Å². The van der Waals surface area contributed by atoms with E-state index in [-0.39, 0.29) is 0 Å². The van der Waals surface area contributed by atoms with Crippen LogP contribution in [0.4, 0.5) is 0 Å². The molecule has 0 spiro atoms. The summed E-state index contributed by atoms with van der Waals surface area (Å²) in [5.74, 6) is 0. The number of nitrogens with one attached hydrogen (secondary N) is 2. The third-order valence-corrected chi connectivity index (χ3v) is 3.57. The van der Waals surface area contributed by atoms with E-state index in [1.165, 1.54) is 31.4 Å². The fourth-order valence-electron chi connectivity index (χ4n) is 2.09. The minimum atomic E-state index is 0.671. The number of rotatable bonds is 4. The van der Waals surface area contributed by atoms with Crippen molar-refractivity contribution in [3.8, 4) is 0 Å². The van der Waals surface area contributed by atoms with E-state index in [4.69, 9.17) is 0 Å². The van der Waals surface area contributed by atoms with Gasteiger partial charge in [-0.25, -0.2) is 0 Å². The standard InChI is InChI=1S/C13H19BrN2/c14-12-6-4-11(5-7-12)9-15-10-13-3-1-2-8-16-13/h4-7,13,15-16H,1-3,8-10H2. The summed E-state index contributed by atoms with van der Waals surface area (Å²) in [7, 11) is 0. The number of halogens is 1. The van der Waals surface area contributed by atoms with Gasteiger partial charge in [-0.3, -0.25) is 0 Å². The molecule has 2 nitrogen and oxygen atoms in total. The predicted molar refractivity (Wildman–Crippen MR) is 71.5 cm³/mol. The van der Waals surface area contributed by atoms with Crippen LogP contribution < -0.4 is 10.6 Å². The van der Waals surface area contributed by atoms with Crippen LogP contribution in [0, 0.1) is 0 Å². The van der Waals surface area contributed by atoms with E-state index in [0.29, 0.717) is 6.04 Å². The van der Waals surface area contributed by atoms with Crippen LogP contribution in [-0.4, -0.2) is 19.1 Å². The number of benzene rings is 1. The van der Waals surface area contributed by atoms with Gasteiger partial charge in [-0.15, -0.1) is 0 Å². The van der Waals surface area contributed by atoms with Crippen molar-refractivity contribution in [2.45, 2.75) is 31.8 Å². The minimum Gasteiger partial charge on any atom is -0.313 e. The second-order valence-corrected chi connectivity index (χ2v) is 5.32. The van der Waals surface area contributed by atoms with Crippen LogP contribution in [0.15, 0.2) is 28.7 Å². The molecule has 16 heavy (non-hydrogen) atoms. The Labute approximate surface area is 106 Å². The van der Waals surface area contributed by atoms with Gasteiger partial charge in [0.05, 0.1) is 0 Å². The van der Waals surface area contributed by atoms with Gasteiger partial charge in [0.25, 0.3) is 0 Å². The molecule has 1 unspecified atom stereocenters. The largest absolute Gasteiger partial charge is 0.313 e. The van der Waals surface area contributed by atoms with Crippen molar-refractivity contribution in [1.82, 2.24) is 10.6 Å². The molecule has 0 radical (unpaired) electrons. The SMILES string of the molecule is Brc1ccc(CNCC2CCCCN2)cc1.